The number of aromatic nitrogens is 1. The Morgan fingerprint density at radius 1 is 0.322 bits per heavy atom. The molecular formula is C78H57B2N7. The van der Waals surface area contributed by atoms with Gasteiger partial charge in [0.1, 0.15) is 11.6 Å². The van der Waals surface area contributed by atoms with Gasteiger partial charge in [0.05, 0.1) is 71.5 Å². The summed E-state index contributed by atoms with van der Waals surface area (Å²) in [7, 11) is 1.03. The molecule has 0 atom stereocenters. The van der Waals surface area contributed by atoms with Gasteiger partial charge in [-0.3, -0.25) is 9.80 Å². The van der Waals surface area contributed by atoms with E-state index in [1.54, 1.807) is 0 Å². The molecule has 1 aromatic heterocycles. The number of hydrogen-bond donors (Lipinski definition) is 0. The molecule has 0 amide bonds. The van der Waals surface area contributed by atoms with Gasteiger partial charge < -0.3 is 19.6 Å². The molecule has 7 nitrogen and oxygen atoms in total. The first-order valence-electron chi connectivity index (χ1n) is 49.9. The van der Waals surface area contributed by atoms with E-state index in [1.807, 2.05) is 0 Å². The second-order valence-corrected chi connectivity index (χ2v) is 18.9. The third-order valence-corrected chi connectivity index (χ3v) is 14.4. The van der Waals surface area contributed by atoms with Crippen molar-refractivity contribution in [1.29, 1.82) is 0 Å². The van der Waals surface area contributed by atoms with E-state index in [9.17, 15) is 41.1 Å². The fourth-order valence-corrected chi connectivity index (χ4v) is 11.1. The fraction of sp³-hybridized carbons (Fsp3) is 0.0128. The number of para-hydroxylation sites is 10. The molecular weight excluding hydrogens is 1060 g/mol. The highest BCUT2D eigenvalue weighted by Gasteiger charge is 2.46. The van der Waals surface area contributed by atoms with Crippen molar-refractivity contribution in [3.8, 4) is 0 Å². The van der Waals surface area contributed by atoms with Crippen LogP contribution in [0.4, 0.5) is 96.9 Å². The lowest BCUT2D eigenvalue weighted by Crippen LogP contribution is -2.64. The molecule has 0 saturated carbocycles. The Labute approximate surface area is 576 Å². The van der Waals surface area contributed by atoms with Crippen LogP contribution >= 0.6 is 0 Å². The Morgan fingerprint density at radius 2 is 0.724 bits per heavy atom. The Morgan fingerprint density at radius 3 is 1.24 bits per heavy atom. The zero-order valence-electron chi connectivity index (χ0n) is 92.2. The van der Waals surface area contributed by atoms with E-state index in [0.29, 0.717) is 19.6 Å². The molecule has 87 heavy (non-hydrogen) atoms. The molecule has 12 aromatic carbocycles. The molecule has 13 aromatic rings. The summed E-state index contributed by atoms with van der Waals surface area (Å²) in [6.07, 6.45) is 0. The molecule has 4 heterocycles. The van der Waals surface area contributed by atoms with Gasteiger partial charge in [-0.2, -0.15) is 0 Å². The first-order chi connectivity index (χ1) is 63.0. The van der Waals surface area contributed by atoms with Gasteiger partial charge in [0, 0.05) is 92.7 Å². The maximum Gasteiger partial charge on any atom is 0.254 e. The molecule has 0 fully saturated rings. The van der Waals surface area contributed by atoms with Gasteiger partial charge in [-0.15, -0.1) is 0 Å². The van der Waals surface area contributed by atoms with Crippen LogP contribution in [-0.4, -0.2) is 25.5 Å². The molecule has 410 valence electrons. The lowest BCUT2D eigenvalue weighted by molar-refractivity contribution is 1.13. The summed E-state index contributed by atoms with van der Waals surface area (Å²) in [6.45, 7) is -4.48. The zero-order valence-corrected chi connectivity index (χ0v) is 44.2. The number of pyridine rings is 1. The second kappa shape index (κ2) is 21.7. The van der Waals surface area contributed by atoms with Crippen molar-refractivity contribution in [2.24, 2.45) is 0 Å². The molecule has 0 spiro atoms. The maximum atomic E-state index is 10.4. The van der Waals surface area contributed by atoms with Crippen LogP contribution in [0.2, 0.25) is 0 Å². The van der Waals surface area contributed by atoms with Gasteiger partial charge in [-0.25, -0.2) is 4.98 Å². The summed E-state index contributed by atoms with van der Waals surface area (Å²) in [5, 5.41) is 0. The van der Waals surface area contributed by atoms with E-state index >= 15 is 0 Å². The number of nitrogens with zero attached hydrogens (tertiary/aromatic N) is 7. The average molecular weight is 1160 g/mol. The van der Waals surface area contributed by atoms with Gasteiger partial charge in [0.15, 0.2) is 0 Å². The number of anilines is 17. The van der Waals surface area contributed by atoms with Crippen LogP contribution in [0.5, 0.6) is 0 Å². The van der Waals surface area contributed by atoms with E-state index < -0.39 is 433 Å². The summed E-state index contributed by atoms with van der Waals surface area (Å²) in [5.74, 6) is -2.02. The van der Waals surface area contributed by atoms with Gasteiger partial charge in [-0.05, 0) is 154 Å². The van der Waals surface area contributed by atoms with Crippen LogP contribution in [-0.2, 0) is 0 Å². The molecule has 0 saturated heterocycles. The monoisotopic (exact) mass is 1160 g/mol. The number of rotatable bonds is 12. The van der Waals surface area contributed by atoms with Crippen LogP contribution in [0, 0.1) is 0 Å². The fourth-order valence-electron chi connectivity index (χ4n) is 11.1. The van der Waals surface area contributed by atoms with E-state index in [0.717, 1.165) is 53.2 Å². The van der Waals surface area contributed by atoms with Crippen molar-refractivity contribution < 1.29 is 65.8 Å². The minimum absolute atomic E-state index is 0.460. The van der Waals surface area contributed by atoms with E-state index in [-0.39, 0.29) is 0 Å². The van der Waals surface area contributed by atoms with Crippen molar-refractivity contribution in [3.63, 3.8) is 0 Å². The highest BCUT2D eigenvalue weighted by molar-refractivity contribution is 7.02. The summed E-state index contributed by atoms with van der Waals surface area (Å²) >= 11 is 0. The topological polar surface area (TPSA) is 32.3 Å². The molecule has 16 rings (SSSR count). The predicted octanol–water partition coefficient (Wildman–Crippen LogP) is 16.2. The highest BCUT2D eigenvalue weighted by Crippen LogP contribution is 2.48. The zero-order chi connectivity index (χ0) is 99.6. The van der Waals surface area contributed by atoms with Crippen LogP contribution in [0.3, 0.4) is 0 Å². The molecule has 9 heteroatoms. The van der Waals surface area contributed by atoms with Gasteiger partial charge in [0.2, 0.25) is 6.71 Å². The lowest BCUT2D eigenvalue weighted by Gasteiger charge is -2.44. The van der Waals surface area contributed by atoms with Crippen molar-refractivity contribution in [3.05, 3.63) is 326 Å². The summed E-state index contributed by atoms with van der Waals surface area (Å²) in [4.78, 5) is 9.06. The third kappa shape index (κ3) is 8.81. The van der Waals surface area contributed by atoms with E-state index in [2.05, 4.69) is 0 Å². The minimum atomic E-state index is -2.28. The quantitative estimate of drug-likeness (QED) is 0.113. The predicted molar refractivity (Wildman–Crippen MR) is 368 cm³/mol. The Bertz CT molecular complexity index is 7280. The van der Waals surface area contributed by atoms with Crippen LogP contribution in [0.15, 0.2) is 326 Å². The number of benzene rings is 12. The minimum Gasteiger partial charge on any atom is -0.345 e. The molecule has 3 aliphatic heterocycles. The van der Waals surface area contributed by atoms with E-state index in [4.69, 9.17) is 29.7 Å². The standard InChI is InChI=1S/C78H57B2N7/c1-82(57-30-10-2-11-31-57)72-53-65(83(58-32-12-3-13-33-58)59-34-14-4-15-35-59)54-73-76(72)79(66-46-26-28-48-69(66)85(73)62-40-20-7-21-41-62)56-50-51-71-68(52-56)80-67-47-27-29-49-70(67)87(64-44-24-9-25-45-64)78-77(80)74(86(71)63-42-22-8-23-43-63)55-75(81-78)84(60-36-16-5-17-37-60)61-38-18-6-19-39-61/h2-55H,1H3/i2D,3D,4D,5D,6D,7D,8D,9D,10D,11D,12D,13D,14D,15D,16D,17D,18D,19D,20D,21D,22D,23D,24D,25D,26D,27D,28D,29D,30D,31D,32D,33D,34D,35D,36D,37D,38D,39D,40D,41D,42D,43D,44D,45D,46D,47D,48D,49D. The highest BCUT2D eigenvalue weighted by atomic mass is 15.3. The van der Waals surface area contributed by atoms with Crippen molar-refractivity contribution >= 4 is 143 Å². The lowest BCUT2D eigenvalue weighted by atomic mass is 9.31. The molecule has 3 aliphatic rings. The van der Waals surface area contributed by atoms with Gasteiger partial charge in [-0.1, -0.05) is 199 Å². The third-order valence-electron chi connectivity index (χ3n) is 14.4. The summed E-state index contributed by atoms with van der Waals surface area (Å²) < 4.78 is 453. The molecule has 0 aliphatic carbocycles. The largest absolute Gasteiger partial charge is 0.345 e. The SMILES string of the molecule is [2H]c1c([2H])c([2H])c(N(C)c2cc(N(c3c([2H])c([2H])c([2H])c([2H])c3[2H])c3c([2H])c([2H])c([2H])c([2H])c3[2H])cc3c2B(c2ccc4c(c2)B2c5c(cc(N(c6c([2H])c([2H])c([2H])c([2H])c6[2H])c6c([2H])c([2H])c([2H])c([2H])c6[2H])nc5N(c5c([2H])c([2H])c([2H])c([2H])c5[2H])c5c([2H])c([2H])c([2H])c([2H])c52)N4c2c([2H])c([2H])c([2H])c([2H])c2[2H])c2c([2H])c([2H])c([2H])c([2H])c2N3c2c([2H])c([2H])c([2H])c([2H])c2[2H])c([2H])c1[2H]. The average Bonchev–Trinajstić information content (AvgIpc) is 0.679. The van der Waals surface area contributed by atoms with Crippen LogP contribution < -0.4 is 62.2 Å². The van der Waals surface area contributed by atoms with Crippen molar-refractivity contribution in [2.45, 2.75) is 0 Å². The number of fused-ring (bicyclic) bond motifs is 6. The van der Waals surface area contributed by atoms with Crippen LogP contribution in [0.25, 0.3) is 0 Å². The Kier molecular flexibility index (Phi) is 5.49. The van der Waals surface area contributed by atoms with Crippen molar-refractivity contribution in [2.75, 3.05) is 36.4 Å². The molecule has 0 radical (unpaired) electrons. The summed E-state index contributed by atoms with van der Waals surface area (Å²) in [6, 6.07) is -48.8. The van der Waals surface area contributed by atoms with Gasteiger partial charge >= 0.3 is 0 Å². The first-order valence-corrected chi connectivity index (χ1v) is 25.9. The molecule has 0 N–H and O–H groups in total. The molecule has 0 unspecified atom stereocenters. The smallest absolute Gasteiger partial charge is 0.254 e. The molecule has 0 bridgehead atoms. The van der Waals surface area contributed by atoms with Gasteiger partial charge in [0.25, 0.3) is 6.71 Å². The van der Waals surface area contributed by atoms with Crippen LogP contribution in [0.1, 0.15) is 65.8 Å². The normalized spacial score (nSPS) is 20.3. The Hall–Kier alpha value is -11.3. The second-order valence-electron chi connectivity index (χ2n) is 18.9. The number of hydrogen-bond acceptors (Lipinski definition) is 7. The van der Waals surface area contributed by atoms with Crippen molar-refractivity contribution in [1.82, 2.24) is 4.98 Å². The van der Waals surface area contributed by atoms with E-state index in [1.165, 1.54) is 0 Å². The maximum absolute atomic E-state index is 10.4. The Balaban J connectivity index is 1.17. The first kappa shape index (κ1) is 22.0. The summed E-state index contributed by atoms with van der Waals surface area (Å²) in [5.41, 5.74) is -17.4.